The standard InChI is InChI=1S/C16H24N4O2/c1-12-6-7-17-14(10-12)18-15(21)11-19(3)13(2)16(22)20-8-4-5-9-20/h6-7,10,13H,4-5,8-9,11H2,1-3H3,(H,17,18,21)/t13-/m0/s1. The third-order valence-corrected chi connectivity index (χ3v) is 4.01. The Labute approximate surface area is 131 Å². The molecule has 0 bridgehead atoms. The first kappa shape index (κ1) is 16.4. The first-order chi connectivity index (χ1) is 10.5. The molecule has 1 fully saturated rings. The highest BCUT2D eigenvalue weighted by molar-refractivity contribution is 5.92. The number of carbonyl (C=O) groups excluding carboxylic acids is 2. The van der Waals surface area contributed by atoms with Crippen molar-refractivity contribution >= 4 is 17.6 Å². The first-order valence-electron chi connectivity index (χ1n) is 7.69. The number of amides is 2. The Morgan fingerprint density at radius 1 is 1.41 bits per heavy atom. The number of pyridine rings is 1. The Kier molecular flexibility index (Phi) is 5.49. The molecule has 0 aromatic carbocycles. The van der Waals surface area contributed by atoms with Crippen molar-refractivity contribution in [1.82, 2.24) is 14.8 Å². The van der Waals surface area contributed by atoms with Crippen LogP contribution in [0.4, 0.5) is 5.82 Å². The number of likely N-dealkylation sites (tertiary alicyclic amines) is 1. The van der Waals surface area contributed by atoms with Crippen LogP contribution in [0.1, 0.15) is 25.3 Å². The Bertz CT molecular complexity index is 541. The summed E-state index contributed by atoms with van der Waals surface area (Å²) in [5, 5.41) is 2.76. The summed E-state index contributed by atoms with van der Waals surface area (Å²) in [5.41, 5.74) is 1.04. The molecule has 1 saturated heterocycles. The highest BCUT2D eigenvalue weighted by Gasteiger charge is 2.26. The van der Waals surface area contributed by atoms with Crippen LogP contribution in [-0.2, 0) is 9.59 Å². The molecule has 2 heterocycles. The van der Waals surface area contributed by atoms with E-state index in [0.717, 1.165) is 31.5 Å². The van der Waals surface area contributed by atoms with Gasteiger partial charge in [-0.25, -0.2) is 4.98 Å². The summed E-state index contributed by atoms with van der Waals surface area (Å²) in [6, 6.07) is 3.39. The number of carbonyl (C=O) groups is 2. The van der Waals surface area contributed by atoms with Crippen molar-refractivity contribution in [3.63, 3.8) is 0 Å². The van der Waals surface area contributed by atoms with Gasteiger partial charge in [0.1, 0.15) is 5.82 Å². The molecule has 0 spiro atoms. The van der Waals surface area contributed by atoms with Crippen molar-refractivity contribution in [2.45, 2.75) is 32.7 Å². The molecule has 2 amide bonds. The topological polar surface area (TPSA) is 65.5 Å². The van der Waals surface area contributed by atoms with Gasteiger partial charge in [-0.2, -0.15) is 0 Å². The number of hydrogen-bond donors (Lipinski definition) is 1. The van der Waals surface area contributed by atoms with Gasteiger partial charge in [0, 0.05) is 19.3 Å². The highest BCUT2D eigenvalue weighted by atomic mass is 16.2. The van der Waals surface area contributed by atoms with Crippen molar-refractivity contribution in [1.29, 1.82) is 0 Å². The number of aryl methyl sites for hydroxylation is 1. The molecule has 0 aliphatic carbocycles. The molecule has 1 aromatic rings. The largest absolute Gasteiger partial charge is 0.341 e. The lowest BCUT2D eigenvalue weighted by Gasteiger charge is -2.27. The first-order valence-corrected chi connectivity index (χ1v) is 7.69. The fraction of sp³-hybridized carbons (Fsp3) is 0.562. The fourth-order valence-electron chi connectivity index (χ4n) is 2.54. The molecule has 0 saturated carbocycles. The van der Waals surface area contributed by atoms with Crippen molar-refractivity contribution in [2.75, 3.05) is 32.0 Å². The SMILES string of the molecule is Cc1ccnc(NC(=O)CN(C)[C@@H](C)C(=O)N2CCCC2)c1. The molecule has 1 aromatic heterocycles. The lowest BCUT2D eigenvalue weighted by molar-refractivity contribution is -0.135. The summed E-state index contributed by atoms with van der Waals surface area (Å²) in [6.07, 6.45) is 3.80. The summed E-state index contributed by atoms with van der Waals surface area (Å²) in [6.45, 7) is 5.61. The Balaban J connectivity index is 1.86. The van der Waals surface area contributed by atoms with Gasteiger partial charge in [0.15, 0.2) is 0 Å². The molecule has 120 valence electrons. The third-order valence-electron chi connectivity index (χ3n) is 4.01. The van der Waals surface area contributed by atoms with Gasteiger partial charge in [-0.1, -0.05) is 0 Å². The van der Waals surface area contributed by atoms with E-state index in [1.807, 2.05) is 30.9 Å². The summed E-state index contributed by atoms with van der Waals surface area (Å²) in [7, 11) is 1.79. The molecule has 6 heteroatoms. The third kappa shape index (κ3) is 4.27. The van der Waals surface area contributed by atoms with Gasteiger partial charge in [0.2, 0.25) is 11.8 Å². The van der Waals surface area contributed by atoms with Crippen LogP contribution < -0.4 is 5.32 Å². The molecule has 1 atom stereocenters. The Morgan fingerprint density at radius 3 is 2.73 bits per heavy atom. The summed E-state index contributed by atoms with van der Waals surface area (Å²) in [5.74, 6) is 0.472. The van der Waals surface area contributed by atoms with Crippen LogP contribution >= 0.6 is 0 Å². The smallest absolute Gasteiger partial charge is 0.239 e. The monoisotopic (exact) mass is 304 g/mol. The van der Waals surface area contributed by atoms with Crippen molar-refractivity contribution in [3.8, 4) is 0 Å². The average Bonchev–Trinajstić information content (AvgIpc) is 2.99. The molecule has 0 radical (unpaired) electrons. The van der Waals surface area contributed by atoms with E-state index in [4.69, 9.17) is 0 Å². The summed E-state index contributed by atoms with van der Waals surface area (Å²) >= 11 is 0. The molecule has 6 nitrogen and oxygen atoms in total. The second-order valence-electron chi connectivity index (χ2n) is 5.89. The summed E-state index contributed by atoms with van der Waals surface area (Å²) in [4.78, 5) is 32.1. The fourth-order valence-corrected chi connectivity index (χ4v) is 2.54. The quantitative estimate of drug-likeness (QED) is 0.890. The van der Waals surface area contributed by atoms with Gasteiger partial charge < -0.3 is 10.2 Å². The minimum absolute atomic E-state index is 0.0986. The number of anilines is 1. The van der Waals surface area contributed by atoms with E-state index >= 15 is 0 Å². The van der Waals surface area contributed by atoms with Gasteiger partial charge in [-0.3, -0.25) is 14.5 Å². The minimum atomic E-state index is -0.297. The Hall–Kier alpha value is -1.95. The molecule has 22 heavy (non-hydrogen) atoms. The van der Waals surface area contributed by atoms with Crippen LogP contribution in [0.2, 0.25) is 0 Å². The number of nitrogens with one attached hydrogen (secondary N) is 1. The zero-order valence-corrected chi connectivity index (χ0v) is 13.5. The van der Waals surface area contributed by atoms with Crippen LogP contribution in [0, 0.1) is 6.92 Å². The zero-order chi connectivity index (χ0) is 16.1. The maximum absolute atomic E-state index is 12.3. The minimum Gasteiger partial charge on any atom is -0.341 e. The van der Waals surface area contributed by atoms with E-state index in [2.05, 4.69) is 10.3 Å². The van der Waals surface area contributed by atoms with Crippen LogP contribution in [0.3, 0.4) is 0 Å². The van der Waals surface area contributed by atoms with Crippen LogP contribution in [0.25, 0.3) is 0 Å². The lowest BCUT2D eigenvalue weighted by atomic mass is 10.2. The normalized spacial score (nSPS) is 15.9. The van der Waals surface area contributed by atoms with Gasteiger partial charge in [0.05, 0.1) is 12.6 Å². The highest BCUT2D eigenvalue weighted by Crippen LogP contribution is 2.11. The molecule has 0 unspecified atom stereocenters. The predicted molar refractivity (Wildman–Crippen MR) is 85.5 cm³/mol. The molecular formula is C16H24N4O2. The zero-order valence-electron chi connectivity index (χ0n) is 13.5. The maximum Gasteiger partial charge on any atom is 0.239 e. The van der Waals surface area contributed by atoms with Gasteiger partial charge in [-0.15, -0.1) is 0 Å². The van der Waals surface area contributed by atoms with E-state index < -0.39 is 0 Å². The number of aromatic nitrogens is 1. The van der Waals surface area contributed by atoms with Crippen LogP contribution in [-0.4, -0.2) is 59.3 Å². The van der Waals surface area contributed by atoms with E-state index in [9.17, 15) is 9.59 Å². The average molecular weight is 304 g/mol. The molecule has 1 N–H and O–H groups in total. The molecule has 2 rings (SSSR count). The molecule has 1 aliphatic heterocycles. The molecular weight excluding hydrogens is 280 g/mol. The second kappa shape index (κ2) is 7.35. The van der Waals surface area contributed by atoms with Gasteiger partial charge in [0.25, 0.3) is 0 Å². The van der Waals surface area contributed by atoms with Crippen LogP contribution in [0.5, 0.6) is 0 Å². The van der Waals surface area contributed by atoms with Crippen molar-refractivity contribution in [2.24, 2.45) is 0 Å². The number of nitrogens with zero attached hydrogens (tertiary/aromatic N) is 3. The number of rotatable bonds is 5. The molecule has 1 aliphatic rings. The number of hydrogen-bond acceptors (Lipinski definition) is 4. The number of likely N-dealkylation sites (N-methyl/N-ethyl adjacent to an activating group) is 1. The van der Waals surface area contributed by atoms with E-state index in [-0.39, 0.29) is 24.4 Å². The van der Waals surface area contributed by atoms with E-state index in [0.29, 0.717) is 5.82 Å². The van der Waals surface area contributed by atoms with Gasteiger partial charge in [-0.05, 0) is 51.4 Å². The van der Waals surface area contributed by atoms with Crippen molar-refractivity contribution in [3.05, 3.63) is 23.9 Å². The second-order valence-corrected chi connectivity index (χ2v) is 5.89. The maximum atomic E-state index is 12.3. The predicted octanol–water partition coefficient (Wildman–Crippen LogP) is 1.27. The summed E-state index contributed by atoms with van der Waals surface area (Å²) < 4.78 is 0. The van der Waals surface area contributed by atoms with E-state index in [1.54, 1.807) is 18.1 Å². The van der Waals surface area contributed by atoms with Gasteiger partial charge >= 0.3 is 0 Å². The van der Waals surface area contributed by atoms with Crippen molar-refractivity contribution < 1.29 is 9.59 Å². The Morgan fingerprint density at radius 2 is 2.09 bits per heavy atom. The van der Waals surface area contributed by atoms with Crippen LogP contribution in [0.15, 0.2) is 18.3 Å². The lowest BCUT2D eigenvalue weighted by Crippen LogP contribution is -2.46. The van der Waals surface area contributed by atoms with E-state index in [1.165, 1.54) is 0 Å².